The van der Waals surface area contributed by atoms with E-state index in [9.17, 15) is 4.79 Å². The minimum atomic E-state index is -0.832. The smallest absolute Gasteiger partial charge is 0.323 e. The molecule has 0 saturated heterocycles. The van der Waals surface area contributed by atoms with E-state index in [1.165, 1.54) is 11.3 Å². The van der Waals surface area contributed by atoms with E-state index < -0.39 is 5.97 Å². The molecule has 0 fully saturated rings. The predicted molar refractivity (Wildman–Crippen MR) is 64.5 cm³/mol. The molecule has 0 aliphatic carbocycles. The molecule has 1 heterocycles. The molecule has 6 heteroatoms. The third-order valence-electron chi connectivity index (χ3n) is 1.65. The van der Waals surface area contributed by atoms with Crippen LogP contribution in [0.3, 0.4) is 0 Å². The van der Waals surface area contributed by atoms with Gasteiger partial charge >= 0.3 is 5.97 Å². The number of halogens is 1. The number of nitrogens with zero attached hydrogens (tertiary/aromatic N) is 2. The van der Waals surface area contributed by atoms with Crippen LogP contribution in [0.2, 0.25) is 0 Å². The summed E-state index contributed by atoms with van der Waals surface area (Å²) >= 11 is 4.70. The molecule has 1 rings (SSSR count). The Balaban J connectivity index is 2.75. The van der Waals surface area contributed by atoms with Crippen molar-refractivity contribution in [2.45, 2.75) is 13.8 Å². The zero-order chi connectivity index (χ0) is 11.4. The molecule has 0 aromatic carbocycles. The van der Waals surface area contributed by atoms with E-state index in [2.05, 4.69) is 34.8 Å². The first-order chi connectivity index (χ1) is 6.99. The van der Waals surface area contributed by atoms with Gasteiger partial charge in [0.1, 0.15) is 11.1 Å². The van der Waals surface area contributed by atoms with Gasteiger partial charge in [-0.15, -0.1) is 11.3 Å². The predicted octanol–water partition coefficient (Wildman–Crippen LogP) is 2.45. The summed E-state index contributed by atoms with van der Waals surface area (Å²) in [4.78, 5) is 16.7. The van der Waals surface area contributed by atoms with Crippen molar-refractivity contribution in [3.63, 3.8) is 0 Å². The van der Waals surface area contributed by atoms with Crippen molar-refractivity contribution in [3.05, 3.63) is 9.98 Å². The SMILES string of the molecule is CC(C)CN(CC(=O)O)c1nc(Br)cs1. The zero-order valence-electron chi connectivity index (χ0n) is 8.61. The van der Waals surface area contributed by atoms with Crippen molar-refractivity contribution in [3.8, 4) is 0 Å². The number of thiazole rings is 1. The van der Waals surface area contributed by atoms with Crippen molar-refractivity contribution in [1.82, 2.24) is 4.98 Å². The first-order valence-corrected chi connectivity index (χ1v) is 6.24. The van der Waals surface area contributed by atoms with Crippen LogP contribution in [0.1, 0.15) is 13.8 Å². The standard InChI is InChI=1S/C9H13BrN2O2S/c1-6(2)3-12(4-8(13)14)9-11-7(10)5-15-9/h5-6H,3-4H2,1-2H3,(H,13,14). The Kier molecular flexibility index (Phi) is 4.53. The van der Waals surface area contributed by atoms with Crippen LogP contribution in [0, 0.1) is 5.92 Å². The summed E-state index contributed by atoms with van der Waals surface area (Å²) in [6.45, 7) is 4.80. The number of carboxylic acid groups (broad SMARTS) is 1. The molecule has 0 unspecified atom stereocenters. The summed E-state index contributed by atoms with van der Waals surface area (Å²) in [5.41, 5.74) is 0. The molecule has 0 amide bonds. The second-order valence-corrected chi connectivity index (χ2v) is 5.27. The summed E-state index contributed by atoms with van der Waals surface area (Å²) < 4.78 is 0.752. The molecule has 84 valence electrons. The van der Waals surface area contributed by atoms with Crippen LogP contribution in [0.4, 0.5) is 5.13 Å². The van der Waals surface area contributed by atoms with Crippen molar-refractivity contribution >= 4 is 38.4 Å². The van der Waals surface area contributed by atoms with Crippen molar-refractivity contribution < 1.29 is 9.90 Å². The summed E-state index contributed by atoms with van der Waals surface area (Å²) in [6, 6.07) is 0. The van der Waals surface area contributed by atoms with Gasteiger partial charge in [0.2, 0.25) is 0 Å². The van der Waals surface area contributed by atoms with Crippen LogP contribution in [0.15, 0.2) is 9.98 Å². The second kappa shape index (κ2) is 5.46. The second-order valence-electron chi connectivity index (χ2n) is 3.62. The average molecular weight is 293 g/mol. The van der Waals surface area contributed by atoms with E-state index >= 15 is 0 Å². The lowest BCUT2D eigenvalue weighted by Crippen LogP contribution is -2.32. The fourth-order valence-corrected chi connectivity index (χ4v) is 2.47. The molecule has 0 saturated carbocycles. The maximum absolute atomic E-state index is 10.7. The molecular formula is C9H13BrN2O2S. The van der Waals surface area contributed by atoms with Gasteiger partial charge in [-0.1, -0.05) is 13.8 Å². The number of carboxylic acids is 1. The van der Waals surface area contributed by atoms with Gasteiger partial charge in [-0.05, 0) is 21.8 Å². The van der Waals surface area contributed by atoms with E-state index in [4.69, 9.17) is 5.11 Å². The van der Waals surface area contributed by atoms with E-state index in [-0.39, 0.29) is 6.54 Å². The fourth-order valence-electron chi connectivity index (χ4n) is 1.20. The van der Waals surface area contributed by atoms with Gasteiger partial charge in [-0.2, -0.15) is 0 Å². The van der Waals surface area contributed by atoms with Gasteiger partial charge in [-0.25, -0.2) is 4.98 Å². The highest BCUT2D eigenvalue weighted by molar-refractivity contribution is 9.10. The van der Waals surface area contributed by atoms with Crippen LogP contribution < -0.4 is 4.90 Å². The molecule has 4 nitrogen and oxygen atoms in total. The third kappa shape index (κ3) is 4.17. The molecule has 0 spiro atoms. The number of rotatable bonds is 5. The number of hydrogen-bond donors (Lipinski definition) is 1. The van der Waals surface area contributed by atoms with Crippen LogP contribution in [-0.2, 0) is 4.79 Å². The van der Waals surface area contributed by atoms with Crippen molar-refractivity contribution in [2.75, 3.05) is 18.0 Å². The summed E-state index contributed by atoms with van der Waals surface area (Å²) in [5.74, 6) is -0.422. The number of aromatic nitrogens is 1. The highest BCUT2D eigenvalue weighted by Gasteiger charge is 2.15. The number of aliphatic carboxylic acids is 1. The van der Waals surface area contributed by atoms with Gasteiger partial charge in [0.25, 0.3) is 0 Å². The fraction of sp³-hybridized carbons (Fsp3) is 0.556. The number of carbonyl (C=O) groups is 1. The Morgan fingerprint density at radius 1 is 1.73 bits per heavy atom. The van der Waals surface area contributed by atoms with E-state index in [0.29, 0.717) is 12.5 Å². The third-order valence-corrected chi connectivity index (χ3v) is 3.26. The van der Waals surface area contributed by atoms with E-state index in [1.54, 1.807) is 4.90 Å². The lowest BCUT2D eigenvalue weighted by Gasteiger charge is -2.21. The maximum Gasteiger partial charge on any atom is 0.323 e. The van der Waals surface area contributed by atoms with Gasteiger partial charge in [0.05, 0.1) is 0 Å². The van der Waals surface area contributed by atoms with Crippen LogP contribution >= 0.6 is 27.3 Å². The Bertz CT molecular complexity index is 341. The molecule has 1 N–H and O–H groups in total. The quantitative estimate of drug-likeness (QED) is 0.906. The minimum Gasteiger partial charge on any atom is -0.480 e. The van der Waals surface area contributed by atoms with Gasteiger partial charge in [0.15, 0.2) is 5.13 Å². The number of anilines is 1. The minimum absolute atomic E-state index is 0.00185. The Morgan fingerprint density at radius 2 is 2.40 bits per heavy atom. The van der Waals surface area contributed by atoms with E-state index in [1.807, 2.05) is 5.38 Å². The lowest BCUT2D eigenvalue weighted by molar-refractivity contribution is -0.135. The normalized spacial score (nSPS) is 10.7. The van der Waals surface area contributed by atoms with Crippen molar-refractivity contribution in [2.24, 2.45) is 5.92 Å². The molecule has 0 radical (unpaired) electrons. The zero-order valence-corrected chi connectivity index (χ0v) is 11.0. The summed E-state index contributed by atoms with van der Waals surface area (Å²) in [7, 11) is 0. The van der Waals surface area contributed by atoms with Gasteiger partial charge in [0, 0.05) is 11.9 Å². The van der Waals surface area contributed by atoms with Crippen LogP contribution in [0.25, 0.3) is 0 Å². The highest BCUT2D eigenvalue weighted by Crippen LogP contribution is 2.24. The van der Waals surface area contributed by atoms with E-state index in [0.717, 1.165) is 9.73 Å². The first kappa shape index (κ1) is 12.4. The molecule has 0 aliphatic rings. The first-order valence-electron chi connectivity index (χ1n) is 4.56. The van der Waals surface area contributed by atoms with Crippen molar-refractivity contribution in [1.29, 1.82) is 0 Å². The highest BCUT2D eigenvalue weighted by atomic mass is 79.9. The molecule has 0 atom stereocenters. The molecule has 0 bridgehead atoms. The van der Waals surface area contributed by atoms with Gasteiger partial charge in [-0.3, -0.25) is 4.79 Å². The Hall–Kier alpha value is -0.620. The molecular weight excluding hydrogens is 280 g/mol. The Labute approximate surface area is 101 Å². The largest absolute Gasteiger partial charge is 0.480 e. The summed E-state index contributed by atoms with van der Waals surface area (Å²) in [5, 5.41) is 11.4. The molecule has 0 aliphatic heterocycles. The van der Waals surface area contributed by atoms with Gasteiger partial charge < -0.3 is 10.0 Å². The summed E-state index contributed by atoms with van der Waals surface area (Å²) in [6.07, 6.45) is 0. The Morgan fingerprint density at radius 3 is 2.80 bits per heavy atom. The maximum atomic E-state index is 10.7. The monoisotopic (exact) mass is 292 g/mol. The molecule has 1 aromatic heterocycles. The lowest BCUT2D eigenvalue weighted by atomic mass is 10.2. The average Bonchev–Trinajstić information content (AvgIpc) is 2.48. The molecule has 1 aromatic rings. The van der Waals surface area contributed by atoms with Crippen LogP contribution in [-0.4, -0.2) is 29.1 Å². The number of hydrogen-bond acceptors (Lipinski definition) is 4. The van der Waals surface area contributed by atoms with Crippen LogP contribution in [0.5, 0.6) is 0 Å². The topological polar surface area (TPSA) is 53.4 Å². The molecule has 15 heavy (non-hydrogen) atoms.